The van der Waals surface area contributed by atoms with Crippen LogP contribution >= 0.6 is 30.8 Å². The summed E-state index contributed by atoms with van der Waals surface area (Å²) in [6.45, 7) is 3.16. The van der Waals surface area contributed by atoms with Gasteiger partial charge in [-0.2, -0.15) is 0 Å². The van der Waals surface area contributed by atoms with E-state index in [-0.39, 0.29) is 18.2 Å². The van der Waals surface area contributed by atoms with Crippen LogP contribution < -0.4 is 16.4 Å². The number of hydrogen-bond acceptors (Lipinski definition) is 5. The molecule has 0 aliphatic heterocycles. The number of benzene rings is 1. The van der Waals surface area contributed by atoms with Gasteiger partial charge in [0.1, 0.15) is 0 Å². The quantitative estimate of drug-likeness (QED) is 0.581. The smallest absolute Gasteiger partial charge is 0.362 e. The topological polar surface area (TPSA) is 120 Å². The number of carbonyl (C=O) groups excluding carboxylic acids is 2. The van der Waals surface area contributed by atoms with E-state index in [0.717, 1.165) is 0 Å². The second-order valence-electron chi connectivity index (χ2n) is 4.41. The molecule has 11 heteroatoms. The molecule has 1 aromatic rings. The molecular formula is C13H18Cl2N3O5P. The largest absolute Gasteiger partial charge is 0.367 e. The van der Waals surface area contributed by atoms with E-state index in [1.54, 1.807) is 13.8 Å². The van der Waals surface area contributed by atoms with Gasteiger partial charge in [-0.25, -0.2) is 4.79 Å². The lowest BCUT2D eigenvalue weighted by Crippen LogP contribution is -2.46. The summed E-state index contributed by atoms with van der Waals surface area (Å²) in [5, 5.41) is 5.16. The molecule has 0 bridgehead atoms. The number of nitrogens with two attached hydrogens (primary N) is 1. The normalized spacial score (nSPS) is 12.5. The number of nitrogens with one attached hydrogen (secondary N) is 2. The van der Waals surface area contributed by atoms with Crippen LogP contribution in [0.4, 0.5) is 10.5 Å². The number of primary amides is 1. The first-order valence-corrected chi connectivity index (χ1v) is 9.31. The summed E-state index contributed by atoms with van der Waals surface area (Å²) >= 11 is 11.6. The Balaban J connectivity index is 2.90. The van der Waals surface area contributed by atoms with Crippen LogP contribution in [0.1, 0.15) is 13.8 Å². The van der Waals surface area contributed by atoms with Gasteiger partial charge in [0.05, 0.1) is 23.3 Å². The van der Waals surface area contributed by atoms with E-state index in [0.29, 0.717) is 10.7 Å². The van der Waals surface area contributed by atoms with Gasteiger partial charge < -0.3 is 25.4 Å². The van der Waals surface area contributed by atoms with Crippen LogP contribution in [0.3, 0.4) is 0 Å². The van der Waals surface area contributed by atoms with Gasteiger partial charge in [-0.1, -0.05) is 23.2 Å². The lowest BCUT2D eigenvalue weighted by atomic mass is 10.3. The number of halogens is 2. The Kier molecular flexibility index (Phi) is 7.99. The highest BCUT2D eigenvalue weighted by atomic mass is 35.5. The second kappa shape index (κ2) is 9.25. The molecule has 1 atom stereocenters. The van der Waals surface area contributed by atoms with Crippen LogP contribution in [0.2, 0.25) is 10.0 Å². The minimum Gasteiger partial charge on any atom is -0.367 e. The van der Waals surface area contributed by atoms with Gasteiger partial charge in [0.2, 0.25) is 5.78 Å². The summed E-state index contributed by atoms with van der Waals surface area (Å²) in [7, 11) is -3.96. The first-order valence-electron chi connectivity index (χ1n) is 6.94. The monoisotopic (exact) mass is 397 g/mol. The van der Waals surface area contributed by atoms with E-state index >= 15 is 0 Å². The zero-order valence-corrected chi connectivity index (χ0v) is 15.5. The third-order valence-corrected chi connectivity index (χ3v) is 5.64. The van der Waals surface area contributed by atoms with Crippen LogP contribution in [0.25, 0.3) is 0 Å². The number of urea groups is 1. The van der Waals surface area contributed by atoms with Crippen LogP contribution in [0.5, 0.6) is 0 Å². The summed E-state index contributed by atoms with van der Waals surface area (Å²) < 4.78 is 22.7. The zero-order chi connectivity index (χ0) is 18.3. The molecule has 0 radical (unpaired) electrons. The van der Waals surface area contributed by atoms with Gasteiger partial charge >= 0.3 is 13.6 Å². The zero-order valence-electron chi connectivity index (χ0n) is 13.0. The Morgan fingerprint density at radius 3 is 2.25 bits per heavy atom. The van der Waals surface area contributed by atoms with Crippen molar-refractivity contribution < 1.29 is 23.2 Å². The summed E-state index contributed by atoms with van der Waals surface area (Å²) in [5.74, 6) is -2.69. The highest BCUT2D eigenvalue weighted by Gasteiger charge is 2.41. The molecule has 0 aliphatic carbocycles. The number of carbonyl (C=O) groups is 2. The van der Waals surface area contributed by atoms with E-state index in [2.05, 4.69) is 10.6 Å². The molecule has 8 nitrogen and oxygen atoms in total. The Bertz CT molecular complexity index is 648. The molecule has 4 N–H and O–H groups in total. The van der Waals surface area contributed by atoms with E-state index < -0.39 is 25.3 Å². The summed E-state index contributed by atoms with van der Waals surface area (Å²) in [5.41, 5.74) is 5.53. The number of hydrogen-bond donors (Lipinski definition) is 3. The van der Waals surface area contributed by atoms with Crippen molar-refractivity contribution in [1.82, 2.24) is 5.32 Å². The van der Waals surface area contributed by atoms with Crippen LogP contribution in [-0.4, -0.2) is 30.9 Å². The lowest BCUT2D eigenvalue weighted by molar-refractivity contribution is -0.118. The van der Waals surface area contributed by atoms with Crippen molar-refractivity contribution in [2.24, 2.45) is 5.73 Å². The molecular weight excluding hydrogens is 380 g/mol. The Hall–Kier alpha value is -1.31. The molecule has 0 heterocycles. The van der Waals surface area contributed by atoms with Gasteiger partial charge in [0.25, 0.3) is 5.91 Å². The van der Waals surface area contributed by atoms with E-state index in [1.807, 2.05) is 0 Å². The molecule has 0 fully saturated rings. The van der Waals surface area contributed by atoms with Gasteiger partial charge in [-0.3, -0.25) is 9.36 Å². The average molecular weight is 398 g/mol. The van der Waals surface area contributed by atoms with Gasteiger partial charge in [-0.15, -0.1) is 0 Å². The van der Waals surface area contributed by atoms with Crippen molar-refractivity contribution in [3.8, 4) is 0 Å². The number of rotatable bonds is 8. The third-order valence-electron chi connectivity index (χ3n) is 2.65. The highest BCUT2D eigenvalue weighted by molar-refractivity contribution is 7.55. The molecule has 0 aliphatic rings. The molecule has 24 heavy (non-hydrogen) atoms. The van der Waals surface area contributed by atoms with Crippen molar-refractivity contribution in [2.45, 2.75) is 19.6 Å². The fourth-order valence-electron chi connectivity index (χ4n) is 1.72. The molecule has 0 saturated carbocycles. The van der Waals surface area contributed by atoms with Crippen molar-refractivity contribution in [3.05, 3.63) is 28.2 Å². The van der Waals surface area contributed by atoms with E-state index in [1.165, 1.54) is 18.2 Å². The Morgan fingerprint density at radius 1 is 1.21 bits per heavy atom. The molecule has 134 valence electrons. The first kappa shape index (κ1) is 20.7. The van der Waals surface area contributed by atoms with Crippen molar-refractivity contribution >= 4 is 48.4 Å². The van der Waals surface area contributed by atoms with Crippen LogP contribution in [0.15, 0.2) is 18.2 Å². The Morgan fingerprint density at radius 2 is 1.79 bits per heavy atom. The number of anilines is 1. The summed E-state index contributed by atoms with van der Waals surface area (Å²) in [6.07, 6.45) is 0. The maximum absolute atomic E-state index is 12.6. The molecule has 0 aromatic heterocycles. The molecule has 0 unspecified atom stereocenters. The number of amides is 3. The van der Waals surface area contributed by atoms with Gasteiger partial charge in [0.15, 0.2) is 0 Å². The highest BCUT2D eigenvalue weighted by Crippen LogP contribution is 2.51. The third kappa shape index (κ3) is 5.65. The van der Waals surface area contributed by atoms with Crippen LogP contribution in [0, 0.1) is 0 Å². The summed E-state index contributed by atoms with van der Waals surface area (Å²) in [4.78, 5) is 23.6. The van der Waals surface area contributed by atoms with Gasteiger partial charge in [0, 0.05) is 5.69 Å². The fourth-order valence-corrected chi connectivity index (χ4v) is 3.70. The predicted octanol–water partition coefficient (Wildman–Crippen LogP) is 3.19. The first-order chi connectivity index (χ1) is 11.2. The Labute approximate surface area is 149 Å². The molecule has 1 rings (SSSR count). The molecule has 0 saturated heterocycles. The average Bonchev–Trinajstić information content (AvgIpc) is 2.48. The lowest BCUT2D eigenvalue weighted by Gasteiger charge is -2.24. The van der Waals surface area contributed by atoms with E-state index in [4.69, 9.17) is 38.0 Å². The molecule has 1 aromatic carbocycles. The predicted molar refractivity (Wildman–Crippen MR) is 92.5 cm³/mol. The second-order valence-corrected chi connectivity index (χ2v) is 7.33. The van der Waals surface area contributed by atoms with Gasteiger partial charge in [-0.05, 0) is 32.0 Å². The maximum Gasteiger partial charge on any atom is 0.362 e. The molecule has 3 amide bonds. The standard InChI is InChI=1S/C13H18Cl2N3O5P/c1-3-22-24(21,23-4-2)12(11(16)19)18-13(20)17-8-5-6-9(14)10(15)7-8/h5-7,12H,3-4H2,1-2H3,(H2,16,19)(H2,17,18,20)/t12-/m1/s1. The molecule has 0 spiro atoms. The fraction of sp³-hybridized carbons (Fsp3) is 0.385. The minimum absolute atomic E-state index is 0.0111. The van der Waals surface area contributed by atoms with Crippen molar-refractivity contribution in [1.29, 1.82) is 0 Å². The van der Waals surface area contributed by atoms with Crippen molar-refractivity contribution in [2.75, 3.05) is 18.5 Å². The van der Waals surface area contributed by atoms with Crippen LogP contribution in [-0.2, 0) is 18.4 Å². The minimum atomic E-state index is -3.96. The van der Waals surface area contributed by atoms with E-state index in [9.17, 15) is 14.2 Å². The summed E-state index contributed by atoms with van der Waals surface area (Å²) in [6, 6.07) is 3.55. The SMILES string of the molecule is CCOP(=O)(OCC)[C@@H](NC(=O)Nc1ccc(Cl)c(Cl)c1)C(N)=O. The maximum atomic E-state index is 12.6. The van der Waals surface area contributed by atoms with Crippen molar-refractivity contribution in [3.63, 3.8) is 0 Å².